The predicted octanol–water partition coefficient (Wildman–Crippen LogP) is 2.66. The molecule has 5 heteroatoms. The molecule has 0 spiro atoms. The van der Waals surface area contributed by atoms with Crippen LogP contribution in [0.25, 0.3) is 0 Å². The Morgan fingerprint density at radius 1 is 1.33 bits per heavy atom. The molecule has 0 aromatic heterocycles. The number of hydrogen-bond acceptors (Lipinski definition) is 4. The first-order valence-electron chi connectivity index (χ1n) is 6.03. The molecule has 0 saturated carbocycles. The summed E-state index contributed by atoms with van der Waals surface area (Å²) >= 11 is 0. The molecule has 0 saturated heterocycles. The molecule has 0 bridgehead atoms. The zero-order valence-corrected chi connectivity index (χ0v) is 12.3. The lowest BCUT2D eigenvalue weighted by Crippen LogP contribution is -2.30. The highest BCUT2D eigenvalue weighted by atomic mass is 32.2. The number of sulfone groups is 1. The fourth-order valence-corrected chi connectivity index (χ4v) is 2.59. The highest BCUT2D eigenvalue weighted by Gasteiger charge is 2.18. The Hall–Kier alpha value is -1.23. The molecule has 1 aromatic rings. The first kappa shape index (κ1) is 14.8. The van der Waals surface area contributed by atoms with E-state index < -0.39 is 9.84 Å². The van der Waals surface area contributed by atoms with Crippen LogP contribution < -0.4 is 11.1 Å². The molecule has 102 valence electrons. The molecule has 3 N–H and O–H groups in total. The second-order valence-corrected chi connectivity index (χ2v) is 7.30. The highest BCUT2D eigenvalue weighted by molar-refractivity contribution is 7.90. The number of benzene rings is 1. The molecule has 0 heterocycles. The molecule has 4 nitrogen and oxygen atoms in total. The van der Waals surface area contributed by atoms with E-state index in [4.69, 9.17) is 5.73 Å². The number of nitrogen functional groups attached to an aromatic ring is 1. The average molecular weight is 270 g/mol. The van der Waals surface area contributed by atoms with Crippen LogP contribution in [0.4, 0.5) is 11.4 Å². The van der Waals surface area contributed by atoms with Crippen LogP contribution in [0.2, 0.25) is 0 Å². The fraction of sp³-hybridized carbons (Fsp3) is 0.538. The standard InChI is InChI=1S/C13H22N2O2S/c1-5-8-13(2,3)15-12-7-6-10(9-11(12)14)18(4,16)17/h6-7,9,15H,5,8,14H2,1-4H3. The first-order chi connectivity index (χ1) is 8.15. The minimum atomic E-state index is -3.20. The van der Waals surface area contributed by atoms with E-state index in [-0.39, 0.29) is 10.4 Å². The summed E-state index contributed by atoms with van der Waals surface area (Å²) in [5.41, 5.74) is 7.07. The van der Waals surface area contributed by atoms with Gasteiger partial charge in [-0.15, -0.1) is 0 Å². The third kappa shape index (κ3) is 3.91. The van der Waals surface area contributed by atoms with Crippen molar-refractivity contribution in [3.05, 3.63) is 18.2 Å². The van der Waals surface area contributed by atoms with E-state index >= 15 is 0 Å². The molecule has 0 amide bonds. The summed E-state index contributed by atoms with van der Waals surface area (Å²) in [4.78, 5) is 0.249. The van der Waals surface area contributed by atoms with E-state index in [2.05, 4.69) is 26.1 Å². The normalized spacial score (nSPS) is 12.4. The van der Waals surface area contributed by atoms with Crippen molar-refractivity contribution in [1.29, 1.82) is 0 Å². The van der Waals surface area contributed by atoms with Gasteiger partial charge in [-0.1, -0.05) is 13.3 Å². The lowest BCUT2D eigenvalue weighted by Gasteiger charge is -2.28. The zero-order valence-electron chi connectivity index (χ0n) is 11.4. The van der Waals surface area contributed by atoms with Crippen LogP contribution >= 0.6 is 0 Å². The van der Waals surface area contributed by atoms with Crippen LogP contribution in [-0.4, -0.2) is 20.2 Å². The van der Waals surface area contributed by atoms with Gasteiger partial charge in [0.1, 0.15) is 0 Å². The molecule has 0 atom stereocenters. The first-order valence-corrected chi connectivity index (χ1v) is 7.92. The van der Waals surface area contributed by atoms with Gasteiger partial charge in [-0.2, -0.15) is 0 Å². The molecule has 0 aliphatic heterocycles. The van der Waals surface area contributed by atoms with Gasteiger partial charge in [0.25, 0.3) is 0 Å². The van der Waals surface area contributed by atoms with Crippen molar-refractivity contribution < 1.29 is 8.42 Å². The third-order valence-corrected chi connectivity index (χ3v) is 3.91. The Morgan fingerprint density at radius 2 is 1.94 bits per heavy atom. The average Bonchev–Trinajstić information content (AvgIpc) is 2.19. The van der Waals surface area contributed by atoms with Gasteiger partial charge in [0.15, 0.2) is 9.84 Å². The molecule has 0 fully saturated rings. The quantitative estimate of drug-likeness (QED) is 0.807. The Kier molecular flexibility index (Phi) is 4.27. The van der Waals surface area contributed by atoms with E-state index in [0.29, 0.717) is 5.69 Å². The van der Waals surface area contributed by atoms with Crippen molar-refractivity contribution in [2.24, 2.45) is 0 Å². The molecule has 0 unspecified atom stereocenters. The van der Waals surface area contributed by atoms with Crippen LogP contribution in [0.15, 0.2) is 23.1 Å². The summed E-state index contributed by atoms with van der Waals surface area (Å²) in [6, 6.07) is 4.80. The van der Waals surface area contributed by atoms with Crippen LogP contribution in [0.5, 0.6) is 0 Å². The Morgan fingerprint density at radius 3 is 2.39 bits per heavy atom. The van der Waals surface area contributed by atoms with Gasteiger partial charge in [0, 0.05) is 11.8 Å². The summed E-state index contributed by atoms with van der Waals surface area (Å²) in [5.74, 6) is 0. The smallest absolute Gasteiger partial charge is 0.175 e. The maximum absolute atomic E-state index is 11.4. The molecule has 18 heavy (non-hydrogen) atoms. The van der Waals surface area contributed by atoms with Crippen LogP contribution in [0.1, 0.15) is 33.6 Å². The SMILES string of the molecule is CCCC(C)(C)Nc1ccc(S(C)(=O)=O)cc1N. The summed E-state index contributed by atoms with van der Waals surface area (Å²) in [6.45, 7) is 6.32. The van der Waals surface area contributed by atoms with Gasteiger partial charge in [-0.25, -0.2) is 8.42 Å². The Balaban J connectivity index is 3.00. The van der Waals surface area contributed by atoms with Crippen molar-refractivity contribution in [1.82, 2.24) is 0 Å². The van der Waals surface area contributed by atoms with Crippen molar-refractivity contribution in [3.63, 3.8) is 0 Å². The molecular formula is C13H22N2O2S. The summed E-state index contributed by atoms with van der Waals surface area (Å²) in [7, 11) is -3.20. The van der Waals surface area contributed by atoms with E-state index in [9.17, 15) is 8.42 Å². The number of hydrogen-bond donors (Lipinski definition) is 2. The molecule has 1 aromatic carbocycles. The van der Waals surface area contributed by atoms with E-state index in [0.717, 1.165) is 18.5 Å². The summed E-state index contributed by atoms with van der Waals surface area (Å²) < 4.78 is 22.8. The summed E-state index contributed by atoms with van der Waals surface area (Å²) in [6.07, 6.45) is 3.26. The van der Waals surface area contributed by atoms with Crippen LogP contribution in [0, 0.1) is 0 Å². The van der Waals surface area contributed by atoms with E-state index in [1.807, 2.05) is 0 Å². The van der Waals surface area contributed by atoms with Gasteiger partial charge in [0.05, 0.1) is 16.3 Å². The third-order valence-electron chi connectivity index (χ3n) is 2.80. The molecular weight excluding hydrogens is 248 g/mol. The van der Waals surface area contributed by atoms with Crippen LogP contribution in [0.3, 0.4) is 0 Å². The zero-order chi connectivity index (χ0) is 14.0. The number of anilines is 2. The molecule has 0 aliphatic rings. The Bertz CT molecular complexity index is 522. The van der Waals surface area contributed by atoms with Gasteiger partial charge in [-0.05, 0) is 38.5 Å². The van der Waals surface area contributed by atoms with Crippen molar-refractivity contribution in [3.8, 4) is 0 Å². The lowest BCUT2D eigenvalue weighted by atomic mass is 9.98. The van der Waals surface area contributed by atoms with Gasteiger partial charge in [-0.3, -0.25) is 0 Å². The summed E-state index contributed by atoms with van der Waals surface area (Å²) in [5, 5.41) is 3.35. The minimum absolute atomic E-state index is 0.0600. The Labute approximate surface area is 110 Å². The topological polar surface area (TPSA) is 72.2 Å². The number of nitrogens with one attached hydrogen (secondary N) is 1. The molecule has 0 radical (unpaired) electrons. The van der Waals surface area contributed by atoms with Gasteiger partial charge >= 0.3 is 0 Å². The van der Waals surface area contributed by atoms with Crippen molar-refractivity contribution in [2.45, 2.75) is 44.0 Å². The van der Waals surface area contributed by atoms with E-state index in [1.54, 1.807) is 12.1 Å². The van der Waals surface area contributed by atoms with Gasteiger partial charge in [0.2, 0.25) is 0 Å². The predicted molar refractivity (Wildman–Crippen MR) is 76.6 cm³/mol. The van der Waals surface area contributed by atoms with E-state index in [1.165, 1.54) is 12.3 Å². The highest BCUT2D eigenvalue weighted by Crippen LogP contribution is 2.27. The maximum atomic E-state index is 11.4. The minimum Gasteiger partial charge on any atom is -0.397 e. The van der Waals surface area contributed by atoms with Gasteiger partial charge < -0.3 is 11.1 Å². The number of rotatable bonds is 5. The second kappa shape index (κ2) is 5.18. The monoisotopic (exact) mass is 270 g/mol. The lowest BCUT2D eigenvalue weighted by molar-refractivity contribution is 0.511. The van der Waals surface area contributed by atoms with Crippen molar-refractivity contribution >= 4 is 21.2 Å². The van der Waals surface area contributed by atoms with Crippen LogP contribution in [-0.2, 0) is 9.84 Å². The molecule has 1 rings (SSSR count). The van der Waals surface area contributed by atoms with Crippen molar-refractivity contribution in [2.75, 3.05) is 17.3 Å². The number of nitrogens with two attached hydrogens (primary N) is 1. The molecule has 0 aliphatic carbocycles. The maximum Gasteiger partial charge on any atom is 0.175 e. The largest absolute Gasteiger partial charge is 0.397 e. The fourth-order valence-electron chi connectivity index (χ4n) is 1.94. The second-order valence-electron chi connectivity index (χ2n) is 5.28.